The van der Waals surface area contributed by atoms with Crippen molar-refractivity contribution in [1.82, 2.24) is 0 Å². The molecule has 5 atom stereocenters. The van der Waals surface area contributed by atoms with Gasteiger partial charge in [-0.05, 0) is 5.56 Å². The highest BCUT2D eigenvalue weighted by atomic mass is 16.7. The summed E-state index contributed by atoms with van der Waals surface area (Å²) < 4.78 is 16.7. The van der Waals surface area contributed by atoms with E-state index in [-0.39, 0.29) is 12.2 Å². The summed E-state index contributed by atoms with van der Waals surface area (Å²) in [5.41, 5.74) is 7.04. The van der Waals surface area contributed by atoms with Gasteiger partial charge < -0.3 is 25.1 Å². The van der Waals surface area contributed by atoms with Crippen LogP contribution in [0.15, 0.2) is 30.3 Å². The van der Waals surface area contributed by atoms with Crippen LogP contribution in [-0.2, 0) is 20.8 Å². The molecule has 2 fully saturated rings. The van der Waals surface area contributed by atoms with E-state index in [0.29, 0.717) is 13.2 Å². The van der Waals surface area contributed by atoms with E-state index in [1.54, 1.807) is 0 Å². The first-order valence-corrected chi connectivity index (χ1v) is 6.12. The van der Waals surface area contributed by atoms with Crippen LogP contribution in [0.1, 0.15) is 5.56 Å². The molecule has 0 saturated carbocycles. The maximum absolute atomic E-state index is 9.80. The molecule has 0 radical (unpaired) electrons. The maximum atomic E-state index is 9.80. The van der Waals surface area contributed by atoms with Crippen LogP contribution in [0.2, 0.25) is 0 Å². The molecule has 3 rings (SSSR count). The zero-order valence-corrected chi connectivity index (χ0v) is 9.94. The third-order valence-corrected chi connectivity index (χ3v) is 3.43. The SMILES string of the molecule is N[C@H]1[C@H](OCc2ccccc2)O[C@@H]2CO[C@H]1[C@@H]2O. The zero-order valence-electron chi connectivity index (χ0n) is 9.94. The molecule has 2 saturated heterocycles. The molecule has 2 bridgehead atoms. The number of nitrogens with two attached hydrogens (primary N) is 1. The third kappa shape index (κ3) is 2.15. The first-order valence-electron chi connectivity index (χ1n) is 6.12. The van der Waals surface area contributed by atoms with Crippen molar-refractivity contribution in [2.45, 2.75) is 37.3 Å². The Labute approximate surface area is 105 Å². The Morgan fingerprint density at radius 2 is 2.11 bits per heavy atom. The lowest BCUT2D eigenvalue weighted by molar-refractivity contribution is -0.227. The minimum absolute atomic E-state index is 0.324. The molecule has 0 aliphatic carbocycles. The fourth-order valence-corrected chi connectivity index (χ4v) is 2.39. The van der Waals surface area contributed by atoms with E-state index >= 15 is 0 Å². The molecule has 0 unspecified atom stereocenters. The molecule has 0 spiro atoms. The average Bonchev–Trinajstić information content (AvgIpc) is 2.66. The Morgan fingerprint density at radius 3 is 2.89 bits per heavy atom. The van der Waals surface area contributed by atoms with Gasteiger partial charge in [0.1, 0.15) is 18.3 Å². The van der Waals surface area contributed by atoms with Crippen molar-refractivity contribution in [3.63, 3.8) is 0 Å². The smallest absolute Gasteiger partial charge is 0.176 e. The Morgan fingerprint density at radius 1 is 1.33 bits per heavy atom. The largest absolute Gasteiger partial charge is 0.388 e. The fraction of sp³-hybridized carbons (Fsp3) is 0.538. The van der Waals surface area contributed by atoms with Crippen LogP contribution in [0.3, 0.4) is 0 Å². The minimum atomic E-state index is -0.642. The molecule has 2 heterocycles. The summed E-state index contributed by atoms with van der Waals surface area (Å²) in [5, 5.41) is 9.80. The number of aliphatic hydroxyl groups excluding tert-OH is 1. The molecule has 98 valence electrons. The van der Waals surface area contributed by atoms with Gasteiger partial charge in [-0.3, -0.25) is 0 Å². The molecule has 3 N–H and O–H groups in total. The van der Waals surface area contributed by atoms with E-state index in [2.05, 4.69) is 0 Å². The summed E-state index contributed by atoms with van der Waals surface area (Å²) in [5.74, 6) is 0. The van der Waals surface area contributed by atoms with Crippen LogP contribution in [0.25, 0.3) is 0 Å². The van der Waals surface area contributed by atoms with Gasteiger partial charge in [-0.25, -0.2) is 0 Å². The van der Waals surface area contributed by atoms with Gasteiger partial charge in [-0.1, -0.05) is 30.3 Å². The minimum Gasteiger partial charge on any atom is -0.388 e. The highest BCUT2D eigenvalue weighted by Gasteiger charge is 2.49. The van der Waals surface area contributed by atoms with Crippen molar-refractivity contribution in [2.24, 2.45) is 5.73 Å². The molecular weight excluding hydrogens is 234 g/mol. The molecular formula is C13H17NO4. The van der Waals surface area contributed by atoms with Crippen LogP contribution < -0.4 is 5.73 Å². The predicted molar refractivity (Wildman–Crippen MR) is 63.6 cm³/mol. The molecule has 5 nitrogen and oxygen atoms in total. The first kappa shape index (κ1) is 12.1. The van der Waals surface area contributed by atoms with Crippen molar-refractivity contribution in [2.75, 3.05) is 6.61 Å². The van der Waals surface area contributed by atoms with Crippen LogP contribution in [0.5, 0.6) is 0 Å². The maximum Gasteiger partial charge on any atom is 0.176 e. The summed E-state index contributed by atoms with van der Waals surface area (Å²) in [6.07, 6.45) is -1.87. The monoisotopic (exact) mass is 251 g/mol. The van der Waals surface area contributed by atoms with E-state index in [9.17, 15) is 5.11 Å². The predicted octanol–water partition coefficient (Wildman–Crippen LogP) is 0.0151. The number of fused-ring (bicyclic) bond motifs is 2. The third-order valence-electron chi connectivity index (χ3n) is 3.43. The quantitative estimate of drug-likeness (QED) is 0.792. The van der Waals surface area contributed by atoms with Crippen molar-refractivity contribution < 1.29 is 19.3 Å². The lowest BCUT2D eigenvalue weighted by Crippen LogP contribution is -2.57. The number of hydrogen-bond donors (Lipinski definition) is 2. The number of hydrogen-bond acceptors (Lipinski definition) is 5. The summed E-state index contributed by atoms with van der Waals surface area (Å²) in [6.45, 7) is 0.819. The van der Waals surface area contributed by atoms with Crippen molar-refractivity contribution >= 4 is 0 Å². The number of benzene rings is 1. The highest BCUT2D eigenvalue weighted by Crippen LogP contribution is 2.29. The van der Waals surface area contributed by atoms with Gasteiger partial charge in [0, 0.05) is 0 Å². The molecule has 18 heavy (non-hydrogen) atoms. The van der Waals surface area contributed by atoms with Crippen molar-refractivity contribution in [3.05, 3.63) is 35.9 Å². The highest BCUT2D eigenvalue weighted by molar-refractivity contribution is 5.13. The Bertz CT molecular complexity index is 399. The Hall–Kier alpha value is -0.980. The van der Waals surface area contributed by atoms with Crippen LogP contribution >= 0.6 is 0 Å². The van der Waals surface area contributed by atoms with Gasteiger partial charge in [-0.2, -0.15) is 0 Å². The van der Waals surface area contributed by atoms with Gasteiger partial charge in [0.05, 0.1) is 19.3 Å². The van der Waals surface area contributed by atoms with E-state index in [1.807, 2.05) is 30.3 Å². The van der Waals surface area contributed by atoms with Gasteiger partial charge in [0.2, 0.25) is 0 Å². The van der Waals surface area contributed by atoms with Crippen LogP contribution in [0, 0.1) is 0 Å². The molecule has 2 aliphatic rings. The topological polar surface area (TPSA) is 73.9 Å². The molecule has 0 aromatic heterocycles. The van der Waals surface area contributed by atoms with Gasteiger partial charge in [-0.15, -0.1) is 0 Å². The summed E-state index contributed by atoms with van der Waals surface area (Å²) in [7, 11) is 0. The zero-order chi connectivity index (χ0) is 12.5. The Balaban J connectivity index is 1.61. The second-order valence-corrected chi connectivity index (χ2v) is 4.71. The van der Waals surface area contributed by atoms with Gasteiger partial charge >= 0.3 is 0 Å². The number of rotatable bonds is 3. The second kappa shape index (κ2) is 4.95. The standard InChI is InChI=1S/C13H17NO4/c14-10-12-11(15)9(7-16-12)18-13(10)17-6-8-4-2-1-3-5-8/h1-5,9-13,15H,6-7,14H2/t9-,10-,11-,12-,13-/m1/s1. The lowest BCUT2D eigenvalue weighted by atomic mass is 10.0. The van der Waals surface area contributed by atoms with E-state index in [4.69, 9.17) is 19.9 Å². The van der Waals surface area contributed by atoms with E-state index in [1.165, 1.54) is 0 Å². The Kier molecular flexibility index (Phi) is 3.32. The molecule has 1 aromatic carbocycles. The molecule has 5 heteroatoms. The second-order valence-electron chi connectivity index (χ2n) is 4.71. The summed E-state index contributed by atoms with van der Waals surface area (Å²) in [6, 6.07) is 9.37. The van der Waals surface area contributed by atoms with Crippen molar-refractivity contribution in [3.8, 4) is 0 Å². The van der Waals surface area contributed by atoms with E-state index in [0.717, 1.165) is 5.56 Å². The van der Waals surface area contributed by atoms with Crippen LogP contribution in [-0.4, -0.2) is 42.4 Å². The molecule has 0 amide bonds. The van der Waals surface area contributed by atoms with Crippen molar-refractivity contribution in [1.29, 1.82) is 0 Å². The number of aliphatic hydroxyl groups is 1. The molecule has 1 aromatic rings. The average molecular weight is 251 g/mol. The number of ether oxygens (including phenoxy) is 3. The summed E-state index contributed by atoms with van der Waals surface area (Å²) >= 11 is 0. The lowest BCUT2D eigenvalue weighted by Gasteiger charge is -2.35. The molecule has 2 aliphatic heterocycles. The summed E-state index contributed by atoms with van der Waals surface area (Å²) in [4.78, 5) is 0. The van der Waals surface area contributed by atoms with E-state index < -0.39 is 18.4 Å². The van der Waals surface area contributed by atoms with Gasteiger partial charge in [0.15, 0.2) is 6.29 Å². The normalized spacial score (nSPS) is 38.9. The van der Waals surface area contributed by atoms with Crippen LogP contribution in [0.4, 0.5) is 0 Å². The van der Waals surface area contributed by atoms with Gasteiger partial charge in [0.25, 0.3) is 0 Å². The fourth-order valence-electron chi connectivity index (χ4n) is 2.39. The first-order chi connectivity index (χ1) is 8.75.